The lowest BCUT2D eigenvalue weighted by atomic mass is 9.75. The van der Waals surface area contributed by atoms with Crippen LogP contribution in [0.1, 0.15) is 18.4 Å². The summed E-state index contributed by atoms with van der Waals surface area (Å²) in [4.78, 5) is 26.1. The molecule has 3 saturated heterocycles. The van der Waals surface area contributed by atoms with Crippen LogP contribution in [0.2, 0.25) is 0 Å². The van der Waals surface area contributed by atoms with Crippen molar-refractivity contribution in [3.63, 3.8) is 0 Å². The summed E-state index contributed by atoms with van der Waals surface area (Å²) in [6.07, 6.45) is 4.72. The van der Waals surface area contributed by atoms with E-state index >= 15 is 0 Å². The van der Waals surface area contributed by atoms with E-state index in [1.54, 1.807) is 34.9 Å². The first-order valence-corrected chi connectivity index (χ1v) is 12.1. The Hall–Kier alpha value is -2.52. The van der Waals surface area contributed by atoms with Gasteiger partial charge in [-0.25, -0.2) is 18.4 Å². The van der Waals surface area contributed by atoms with Gasteiger partial charge in [0.05, 0.1) is 16.4 Å². The van der Waals surface area contributed by atoms with Gasteiger partial charge in [0, 0.05) is 51.5 Å². The van der Waals surface area contributed by atoms with Crippen molar-refractivity contribution < 1.29 is 13.2 Å². The molecular formula is C22H27N5O3S. The number of hydrogen-bond donors (Lipinski definition) is 0. The molecule has 0 aliphatic carbocycles. The molecule has 3 fully saturated rings. The minimum absolute atomic E-state index is 0.0888. The second kappa shape index (κ2) is 7.27. The van der Waals surface area contributed by atoms with Crippen molar-refractivity contribution in [2.75, 3.05) is 38.1 Å². The first-order valence-electron chi connectivity index (χ1n) is 10.7. The predicted octanol–water partition coefficient (Wildman–Crippen LogP) is 1.53. The third-order valence-corrected chi connectivity index (χ3v) is 9.32. The van der Waals surface area contributed by atoms with Crippen LogP contribution in [0, 0.1) is 18.8 Å². The monoisotopic (exact) mass is 441 g/mol. The number of aryl methyl sites for hydroxylation is 1. The van der Waals surface area contributed by atoms with E-state index in [1.807, 2.05) is 31.0 Å². The Balaban J connectivity index is 1.36. The number of nitrogens with zero attached hydrogens (tertiary/aromatic N) is 5. The number of aromatic nitrogens is 2. The van der Waals surface area contributed by atoms with E-state index in [0.29, 0.717) is 43.3 Å². The third kappa shape index (κ3) is 3.13. The maximum atomic E-state index is 13.1. The van der Waals surface area contributed by atoms with Crippen LogP contribution in [-0.2, 0) is 14.8 Å². The highest BCUT2D eigenvalue weighted by Crippen LogP contribution is 2.49. The molecule has 0 saturated carbocycles. The molecule has 9 heteroatoms. The van der Waals surface area contributed by atoms with E-state index in [0.717, 1.165) is 12.1 Å². The van der Waals surface area contributed by atoms with Crippen molar-refractivity contribution in [3.05, 3.63) is 48.3 Å². The Morgan fingerprint density at radius 2 is 1.68 bits per heavy atom. The van der Waals surface area contributed by atoms with E-state index in [1.165, 1.54) is 0 Å². The summed E-state index contributed by atoms with van der Waals surface area (Å²) in [6.45, 7) is 4.11. The molecule has 1 aromatic heterocycles. The van der Waals surface area contributed by atoms with Crippen LogP contribution in [0.3, 0.4) is 0 Å². The van der Waals surface area contributed by atoms with Crippen LogP contribution < -0.4 is 4.90 Å². The van der Waals surface area contributed by atoms with Crippen LogP contribution in [0.5, 0.6) is 0 Å². The van der Waals surface area contributed by atoms with Gasteiger partial charge in [0.2, 0.25) is 21.9 Å². The number of hydrogen-bond acceptors (Lipinski definition) is 6. The van der Waals surface area contributed by atoms with Crippen LogP contribution >= 0.6 is 0 Å². The van der Waals surface area contributed by atoms with Gasteiger partial charge >= 0.3 is 0 Å². The lowest BCUT2D eigenvalue weighted by Gasteiger charge is -2.46. The van der Waals surface area contributed by atoms with Gasteiger partial charge in [-0.15, -0.1) is 0 Å². The molecule has 0 N–H and O–H groups in total. The van der Waals surface area contributed by atoms with Gasteiger partial charge in [0.25, 0.3) is 0 Å². The number of sulfonamides is 1. The molecule has 5 rings (SSSR count). The minimum atomic E-state index is -3.53. The molecule has 4 heterocycles. The number of carbonyl (C=O) groups is 1. The number of rotatable bonds is 3. The summed E-state index contributed by atoms with van der Waals surface area (Å²) in [7, 11) is -1.65. The normalized spacial score (nSPS) is 25.9. The molecule has 0 bridgehead atoms. The molecule has 8 nitrogen and oxygen atoms in total. The van der Waals surface area contributed by atoms with Crippen molar-refractivity contribution in [1.29, 1.82) is 0 Å². The standard InChI is InChI=1S/C22H27N5O3S/c1-16-4-6-17(7-5-16)31(29,30)27-12-8-22(9-13-27)19-15-26(21-23-10-3-11-24-21)14-18(19)20(28)25(22)2/h3-7,10-11,18-19H,8-9,12-15H2,1-2H3/t18-,19+/m0/s1. The van der Waals surface area contributed by atoms with Crippen molar-refractivity contribution in [2.45, 2.75) is 30.2 Å². The highest BCUT2D eigenvalue weighted by Gasteiger charge is 2.61. The third-order valence-electron chi connectivity index (χ3n) is 7.41. The number of benzene rings is 1. The van der Waals surface area contributed by atoms with Gasteiger partial charge in [0.15, 0.2) is 0 Å². The van der Waals surface area contributed by atoms with Gasteiger partial charge in [-0.05, 0) is 38.0 Å². The largest absolute Gasteiger partial charge is 0.340 e. The Morgan fingerprint density at radius 3 is 2.32 bits per heavy atom. The molecule has 3 aliphatic heterocycles. The fourth-order valence-corrected chi connectivity index (χ4v) is 7.05. The number of amides is 1. The zero-order valence-electron chi connectivity index (χ0n) is 17.8. The first-order chi connectivity index (χ1) is 14.8. The van der Waals surface area contributed by atoms with E-state index in [2.05, 4.69) is 14.9 Å². The molecular weight excluding hydrogens is 414 g/mol. The van der Waals surface area contributed by atoms with Gasteiger partial charge in [0.1, 0.15) is 0 Å². The predicted molar refractivity (Wildman–Crippen MR) is 116 cm³/mol. The molecule has 1 spiro atoms. The quantitative estimate of drug-likeness (QED) is 0.718. The molecule has 2 atom stereocenters. The molecule has 164 valence electrons. The molecule has 2 aromatic rings. The van der Waals surface area contributed by atoms with Gasteiger partial charge < -0.3 is 9.80 Å². The molecule has 1 amide bonds. The summed E-state index contributed by atoms with van der Waals surface area (Å²) < 4.78 is 27.8. The molecule has 0 unspecified atom stereocenters. The SMILES string of the molecule is Cc1ccc(S(=O)(=O)N2CCC3(CC2)[C@@H]2CN(c4ncccn4)C[C@@H]2C(=O)N3C)cc1. The number of anilines is 1. The molecule has 0 radical (unpaired) electrons. The fraction of sp³-hybridized carbons (Fsp3) is 0.500. The van der Waals surface area contributed by atoms with Gasteiger partial charge in [-0.2, -0.15) is 4.31 Å². The Labute approximate surface area is 182 Å². The fourth-order valence-electron chi connectivity index (χ4n) is 5.61. The highest BCUT2D eigenvalue weighted by molar-refractivity contribution is 7.89. The summed E-state index contributed by atoms with van der Waals surface area (Å²) >= 11 is 0. The van der Waals surface area contributed by atoms with Crippen molar-refractivity contribution in [1.82, 2.24) is 19.2 Å². The number of piperidine rings is 1. The van der Waals surface area contributed by atoms with Crippen LogP contribution in [0.4, 0.5) is 5.95 Å². The van der Waals surface area contributed by atoms with E-state index in [4.69, 9.17) is 0 Å². The average Bonchev–Trinajstić information content (AvgIpc) is 3.31. The van der Waals surface area contributed by atoms with Crippen molar-refractivity contribution in [3.8, 4) is 0 Å². The maximum Gasteiger partial charge on any atom is 0.243 e. The van der Waals surface area contributed by atoms with Crippen LogP contribution in [-0.4, -0.2) is 72.3 Å². The number of fused-ring (bicyclic) bond motifs is 2. The molecule has 1 aromatic carbocycles. The average molecular weight is 442 g/mol. The van der Waals surface area contributed by atoms with E-state index < -0.39 is 10.0 Å². The van der Waals surface area contributed by atoms with E-state index in [9.17, 15) is 13.2 Å². The minimum Gasteiger partial charge on any atom is -0.340 e. The van der Waals surface area contributed by atoms with Crippen molar-refractivity contribution in [2.24, 2.45) is 11.8 Å². The second-order valence-electron chi connectivity index (χ2n) is 8.88. The topological polar surface area (TPSA) is 86.7 Å². The van der Waals surface area contributed by atoms with E-state index in [-0.39, 0.29) is 23.3 Å². The second-order valence-corrected chi connectivity index (χ2v) is 10.8. The summed E-state index contributed by atoms with van der Waals surface area (Å²) in [5.74, 6) is 0.868. The lowest BCUT2D eigenvalue weighted by Crippen LogP contribution is -2.56. The summed E-state index contributed by atoms with van der Waals surface area (Å²) in [5, 5.41) is 0. The molecule has 31 heavy (non-hydrogen) atoms. The Bertz CT molecular complexity index is 1080. The first kappa shape index (κ1) is 20.4. The van der Waals surface area contributed by atoms with Gasteiger partial charge in [-0.3, -0.25) is 4.79 Å². The highest BCUT2D eigenvalue weighted by atomic mass is 32.2. The molecule has 3 aliphatic rings. The smallest absolute Gasteiger partial charge is 0.243 e. The number of likely N-dealkylation sites (tertiary alicyclic amines) is 1. The zero-order valence-corrected chi connectivity index (χ0v) is 18.6. The zero-order chi connectivity index (χ0) is 21.8. The lowest BCUT2D eigenvalue weighted by molar-refractivity contribution is -0.132. The van der Waals surface area contributed by atoms with Crippen molar-refractivity contribution >= 4 is 21.9 Å². The Kier molecular flexibility index (Phi) is 4.78. The van der Waals surface area contributed by atoms with Crippen LogP contribution in [0.25, 0.3) is 0 Å². The Morgan fingerprint density at radius 1 is 1.03 bits per heavy atom. The van der Waals surface area contributed by atoms with Crippen LogP contribution in [0.15, 0.2) is 47.6 Å². The maximum absolute atomic E-state index is 13.1. The van der Waals surface area contributed by atoms with Gasteiger partial charge in [-0.1, -0.05) is 17.7 Å². The number of carbonyl (C=O) groups excluding carboxylic acids is 1. The summed E-state index contributed by atoms with van der Waals surface area (Å²) in [5.41, 5.74) is 0.715. The summed E-state index contributed by atoms with van der Waals surface area (Å²) in [6, 6.07) is 8.78.